The number of aromatic nitrogens is 1. The summed E-state index contributed by atoms with van der Waals surface area (Å²) in [5, 5.41) is 4.72. The summed E-state index contributed by atoms with van der Waals surface area (Å²) in [5.74, 6) is 0. The number of aryl methyl sites for hydroxylation is 5. The molecule has 0 saturated carbocycles. The maximum Gasteiger partial charge on any atom is 0.252 e. The highest BCUT2D eigenvalue weighted by atomic mass is 16.3. The zero-order chi connectivity index (χ0) is 61.7. The molecule has 4 heterocycles. The molecule has 438 valence electrons. The molecule has 89 heavy (non-hydrogen) atoms. The summed E-state index contributed by atoms with van der Waals surface area (Å²) in [7, 11) is 0. The molecule has 11 aromatic carbocycles. The van der Waals surface area contributed by atoms with Crippen LogP contribution in [-0.4, -0.2) is 11.3 Å². The third-order valence-electron chi connectivity index (χ3n) is 19.3. The molecule has 0 spiro atoms. The first kappa shape index (κ1) is 56.0. The van der Waals surface area contributed by atoms with Gasteiger partial charge in [-0.05, 0) is 208 Å². The minimum atomic E-state index is -0.0897. The lowest BCUT2D eigenvalue weighted by Gasteiger charge is -2.45. The van der Waals surface area contributed by atoms with Crippen LogP contribution in [0.15, 0.2) is 217 Å². The topological polar surface area (TPSA) is 27.8 Å². The molecule has 6 heteroatoms. The van der Waals surface area contributed by atoms with Crippen molar-refractivity contribution >= 4 is 118 Å². The Morgan fingerprint density at radius 3 is 1.65 bits per heavy atom. The minimum Gasteiger partial charge on any atom is -0.455 e. The number of hydrogen-bond donors (Lipinski definition) is 0. The summed E-state index contributed by atoms with van der Waals surface area (Å²) in [6, 6.07) is 80.6. The number of furan rings is 1. The molecule has 0 saturated heterocycles. The summed E-state index contributed by atoms with van der Waals surface area (Å²) in [5.41, 5.74) is 31.7. The van der Waals surface area contributed by atoms with Crippen molar-refractivity contribution in [3.05, 3.63) is 257 Å². The molecule has 13 aromatic rings. The molecule has 0 amide bonds. The molecular formula is C83H77BN4O. The number of fused-ring (bicyclic) bond motifs is 10. The number of nitrogens with zero attached hydrogens (tertiary/aromatic N) is 4. The molecule has 0 unspecified atom stereocenters. The maximum atomic E-state index is 6.77. The lowest BCUT2D eigenvalue weighted by molar-refractivity contribution is 0.589. The van der Waals surface area contributed by atoms with Gasteiger partial charge in [0.05, 0.1) is 16.7 Å². The van der Waals surface area contributed by atoms with Crippen molar-refractivity contribution in [1.29, 1.82) is 0 Å². The Morgan fingerprint density at radius 2 is 0.966 bits per heavy atom. The lowest BCUT2D eigenvalue weighted by atomic mass is 9.33. The van der Waals surface area contributed by atoms with Gasteiger partial charge in [0, 0.05) is 78.3 Å². The van der Waals surface area contributed by atoms with Crippen LogP contribution in [0.2, 0.25) is 0 Å². The molecule has 2 aromatic heterocycles. The second-order valence-corrected chi connectivity index (χ2v) is 28.6. The average Bonchev–Trinajstić information content (AvgIpc) is 1.38. The number of hydrogen-bond acceptors (Lipinski definition) is 4. The molecular weight excluding hydrogens is 1080 g/mol. The van der Waals surface area contributed by atoms with Gasteiger partial charge >= 0.3 is 0 Å². The first-order valence-corrected chi connectivity index (χ1v) is 31.8. The van der Waals surface area contributed by atoms with Crippen molar-refractivity contribution in [1.82, 2.24) is 4.57 Å². The van der Waals surface area contributed by atoms with Crippen molar-refractivity contribution in [3.63, 3.8) is 0 Å². The molecule has 2 aliphatic heterocycles. The second-order valence-electron chi connectivity index (χ2n) is 28.6. The predicted octanol–water partition coefficient (Wildman–Crippen LogP) is 21.3. The number of rotatable bonds is 7. The highest BCUT2D eigenvalue weighted by Crippen LogP contribution is 2.50. The van der Waals surface area contributed by atoms with Gasteiger partial charge < -0.3 is 23.7 Å². The summed E-state index contributed by atoms with van der Waals surface area (Å²) >= 11 is 0. The van der Waals surface area contributed by atoms with Crippen molar-refractivity contribution < 1.29 is 4.42 Å². The normalized spacial score (nSPS) is 13.2. The smallest absolute Gasteiger partial charge is 0.252 e. The van der Waals surface area contributed by atoms with E-state index in [4.69, 9.17) is 4.42 Å². The van der Waals surface area contributed by atoms with E-state index >= 15 is 0 Å². The Morgan fingerprint density at radius 1 is 0.382 bits per heavy atom. The summed E-state index contributed by atoms with van der Waals surface area (Å²) < 4.78 is 9.21. The summed E-state index contributed by atoms with van der Waals surface area (Å²) in [6.07, 6.45) is 0. The third kappa shape index (κ3) is 9.03. The molecule has 15 rings (SSSR count). The fraction of sp³-hybridized carbons (Fsp3) is 0.205. The zero-order valence-electron chi connectivity index (χ0n) is 54.0. The Hall–Kier alpha value is -9.52. The molecule has 0 bridgehead atoms. The Labute approximate surface area is 525 Å². The number of anilines is 9. The zero-order valence-corrected chi connectivity index (χ0v) is 54.0. The van der Waals surface area contributed by atoms with Crippen LogP contribution < -0.4 is 31.1 Å². The van der Waals surface area contributed by atoms with E-state index in [1.54, 1.807) is 0 Å². The first-order chi connectivity index (χ1) is 42.6. The monoisotopic (exact) mass is 1160 g/mol. The quantitative estimate of drug-likeness (QED) is 0.149. The van der Waals surface area contributed by atoms with Crippen molar-refractivity contribution in [2.75, 3.05) is 14.7 Å². The van der Waals surface area contributed by atoms with E-state index in [1.807, 2.05) is 0 Å². The molecule has 0 fully saturated rings. The van der Waals surface area contributed by atoms with Gasteiger partial charge in [0.25, 0.3) is 6.71 Å². The minimum absolute atomic E-state index is 0.0127. The first-order valence-electron chi connectivity index (χ1n) is 31.8. The predicted molar refractivity (Wildman–Crippen MR) is 382 cm³/mol. The molecule has 2 aliphatic rings. The van der Waals surface area contributed by atoms with Crippen LogP contribution in [-0.2, 0) is 16.2 Å². The fourth-order valence-electron chi connectivity index (χ4n) is 14.9. The molecule has 0 atom stereocenters. The van der Waals surface area contributed by atoms with Crippen LogP contribution in [0.25, 0.3) is 60.6 Å². The van der Waals surface area contributed by atoms with Gasteiger partial charge in [0.1, 0.15) is 11.2 Å². The van der Waals surface area contributed by atoms with Crippen molar-refractivity contribution in [2.45, 2.75) is 113 Å². The van der Waals surface area contributed by atoms with Gasteiger partial charge in [0.15, 0.2) is 0 Å². The molecule has 5 nitrogen and oxygen atoms in total. The van der Waals surface area contributed by atoms with E-state index in [9.17, 15) is 0 Å². The van der Waals surface area contributed by atoms with Crippen LogP contribution >= 0.6 is 0 Å². The van der Waals surface area contributed by atoms with E-state index in [2.05, 4.69) is 329 Å². The van der Waals surface area contributed by atoms with Crippen LogP contribution in [0.1, 0.15) is 107 Å². The van der Waals surface area contributed by atoms with Gasteiger partial charge in [-0.2, -0.15) is 0 Å². The SMILES string of the molecule is Cc1cc2c3c(c1)N(c1cc(C)c(-c4cccc5c4oc4ccccc45)c(C)c1)c1cc(N(c4ccc5c6ccccc6n(-c6ccccc6)c5c4)c4c(C)cc(C(C)(C)C)cc4C)ccc1B3c1cc(C(C)(C)C)ccc1N2c1ccc(C(C)(C)C)cc1. The summed E-state index contributed by atoms with van der Waals surface area (Å²) in [6.45, 7) is 32.3. The van der Waals surface area contributed by atoms with Crippen molar-refractivity contribution in [3.8, 4) is 16.8 Å². The Kier molecular flexibility index (Phi) is 12.8. The largest absolute Gasteiger partial charge is 0.455 e. The lowest BCUT2D eigenvalue weighted by Crippen LogP contribution is -2.61. The molecule has 0 N–H and O–H groups in total. The van der Waals surface area contributed by atoms with E-state index in [-0.39, 0.29) is 23.0 Å². The third-order valence-corrected chi connectivity index (χ3v) is 19.3. The number of benzene rings is 11. The fourth-order valence-corrected chi connectivity index (χ4v) is 14.9. The van der Waals surface area contributed by atoms with Crippen LogP contribution in [0.3, 0.4) is 0 Å². The van der Waals surface area contributed by atoms with E-state index in [0.29, 0.717) is 0 Å². The van der Waals surface area contributed by atoms with Crippen molar-refractivity contribution in [2.24, 2.45) is 0 Å². The van der Waals surface area contributed by atoms with E-state index < -0.39 is 0 Å². The molecule has 0 aliphatic carbocycles. The highest BCUT2D eigenvalue weighted by Gasteiger charge is 2.45. The highest BCUT2D eigenvalue weighted by molar-refractivity contribution is 7.00. The van der Waals surface area contributed by atoms with Crippen LogP contribution in [0.4, 0.5) is 51.2 Å². The maximum absolute atomic E-state index is 6.77. The van der Waals surface area contributed by atoms with Gasteiger partial charge in [-0.15, -0.1) is 0 Å². The Bertz CT molecular complexity index is 4990. The average molecular weight is 1160 g/mol. The summed E-state index contributed by atoms with van der Waals surface area (Å²) in [4.78, 5) is 7.73. The number of para-hydroxylation sites is 4. The van der Waals surface area contributed by atoms with Crippen LogP contribution in [0.5, 0.6) is 0 Å². The van der Waals surface area contributed by atoms with Gasteiger partial charge in [0.2, 0.25) is 0 Å². The van der Waals surface area contributed by atoms with Crippen LogP contribution in [0, 0.1) is 34.6 Å². The van der Waals surface area contributed by atoms with Gasteiger partial charge in [-0.25, -0.2) is 0 Å². The molecule has 0 radical (unpaired) electrons. The van der Waals surface area contributed by atoms with Gasteiger partial charge in [-0.1, -0.05) is 184 Å². The van der Waals surface area contributed by atoms with E-state index in [0.717, 1.165) is 67.1 Å². The Balaban J connectivity index is 1.02. The van der Waals surface area contributed by atoms with Gasteiger partial charge in [-0.3, -0.25) is 0 Å². The second kappa shape index (κ2) is 20.3. The standard InChI is InChI=1S/C83H77BN4O/c1-50-41-74-78-75(42-50)88(62-45-51(2)77(52(3)46-62)67-28-22-27-66-65-26-19-21-30-76(65)89-80(66)67)73-49-61(37-39-68(73)84(78)69-47-56(82(9,10)11)33-40-71(69)87(74)59-34-31-55(32-35-59)81(6,7)8)85(79-53(4)43-57(44-54(79)5)83(12,13)14)60-36-38-64-63-25-18-20-29-70(63)86(72(64)48-60)58-23-16-15-17-24-58/h15-49H,1-14H3. The van der Waals surface area contributed by atoms with E-state index in [1.165, 1.54) is 105 Å².